The molecule has 122 valence electrons. The largest absolute Gasteiger partial charge is 0.390 e. The van der Waals surface area contributed by atoms with Gasteiger partial charge in [-0.05, 0) is 0 Å². The first-order valence-electron chi connectivity index (χ1n) is 7.19. The summed E-state index contributed by atoms with van der Waals surface area (Å²) in [6, 6.07) is 0. The third-order valence-electron chi connectivity index (χ3n) is 3.13. The Morgan fingerprint density at radius 3 is 1.64 bits per heavy atom. The lowest BCUT2D eigenvalue weighted by Gasteiger charge is -2.17. The summed E-state index contributed by atoms with van der Waals surface area (Å²) in [5, 5.41) is 19.9. The number of rotatable bonds is 11. The minimum Gasteiger partial charge on any atom is -0.390 e. The molecule has 2 heterocycles. The number of hydrogen-bond acceptors (Lipinski definition) is 6. The number of aryl methyl sites for hydroxylation is 2. The van der Waals surface area contributed by atoms with Crippen LogP contribution >= 0.6 is 23.5 Å². The van der Waals surface area contributed by atoms with Crippen molar-refractivity contribution in [1.29, 1.82) is 0 Å². The van der Waals surface area contributed by atoms with E-state index in [2.05, 4.69) is 9.97 Å². The Bertz CT molecular complexity index is 447. The summed E-state index contributed by atoms with van der Waals surface area (Å²) in [6.07, 6.45) is 9.56. The van der Waals surface area contributed by atoms with Gasteiger partial charge in [0.05, 0.1) is 24.9 Å². The maximum atomic E-state index is 9.94. The van der Waals surface area contributed by atoms with Crippen molar-refractivity contribution in [3.63, 3.8) is 0 Å². The molecule has 0 spiro atoms. The predicted octanol–water partition coefficient (Wildman–Crippen LogP) is 0.968. The zero-order valence-electron chi connectivity index (χ0n) is 12.4. The fourth-order valence-electron chi connectivity index (χ4n) is 1.81. The maximum absolute atomic E-state index is 9.94. The number of nitrogens with zero attached hydrogens (tertiary/aromatic N) is 4. The molecule has 0 aliphatic rings. The molecule has 22 heavy (non-hydrogen) atoms. The summed E-state index contributed by atoms with van der Waals surface area (Å²) in [6.45, 7) is 1.74. The molecule has 0 saturated carbocycles. The Labute approximate surface area is 139 Å². The molecule has 6 nitrogen and oxygen atoms in total. The van der Waals surface area contributed by atoms with Crippen molar-refractivity contribution in [2.75, 3.05) is 23.0 Å². The Hall–Kier alpha value is -0.960. The van der Waals surface area contributed by atoms with Crippen molar-refractivity contribution >= 4 is 23.5 Å². The van der Waals surface area contributed by atoms with Gasteiger partial charge in [-0.25, -0.2) is 9.97 Å². The molecule has 8 heteroatoms. The molecular formula is C14H22N4O2S2. The van der Waals surface area contributed by atoms with Gasteiger partial charge in [0.2, 0.25) is 0 Å². The maximum Gasteiger partial charge on any atom is 0.0946 e. The lowest BCUT2D eigenvalue weighted by Crippen LogP contribution is -2.30. The second-order valence-electron chi connectivity index (χ2n) is 4.89. The quantitative estimate of drug-likeness (QED) is 0.593. The van der Waals surface area contributed by atoms with Gasteiger partial charge < -0.3 is 19.3 Å². The number of hydrogen-bond donors (Lipinski definition) is 2. The van der Waals surface area contributed by atoms with Gasteiger partial charge in [-0.2, -0.15) is 23.5 Å². The fourth-order valence-corrected chi connectivity index (χ4v) is 3.75. The van der Waals surface area contributed by atoms with E-state index < -0.39 is 12.2 Å². The molecule has 2 aromatic rings. The van der Waals surface area contributed by atoms with Crippen LogP contribution in [0.1, 0.15) is 0 Å². The van der Waals surface area contributed by atoms with Gasteiger partial charge in [-0.15, -0.1) is 0 Å². The van der Waals surface area contributed by atoms with Gasteiger partial charge in [0, 0.05) is 60.9 Å². The van der Waals surface area contributed by atoms with Crippen molar-refractivity contribution in [1.82, 2.24) is 19.1 Å². The van der Waals surface area contributed by atoms with Gasteiger partial charge in [-0.3, -0.25) is 0 Å². The molecule has 0 aromatic carbocycles. The summed E-state index contributed by atoms with van der Waals surface area (Å²) in [5.74, 6) is 2.90. The van der Waals surface area contributed by atoms with Gasteiger partial charge in [0.15, 0.2) is 0 Å². The van der Waals surface area contributed by atoms with Crippen LogP contribution in [0.4, 0.5) is 0 Å². The van der Waals surface area contributed by atoms with E-state index in [0.717, 1.165) is 24.6 Å². The molecule has 2 rings (SSSR count). The molecule has 2 unspecified atom stereocenters. The highest BCUT2D eigenvalue weighted by Crippen LogP contribution is 2.12. The third-order valence-corrected chi connectivity index (χ3v) is 5.22. The number of aliphatic hydroxyl groups is 2. The molecule has 0 radical (unpaired) electrons. The van der Waals surface area contributed by atoms with Crippen LogP contribution in [0, 0.1) is 0 Å². The molecular weight excluding hydrogens is 320 g/mol. The van der Waals surface area contributed by atoms with E-state index in [0.29, 0.717) is 11.5 Å². The van der Waals surface area contributed by atoms with Crippen molar-refractivity contribution in [3.8, 4) is 0 Å². The smallest absolute Gasteiger partial charge is 0.0946 e. The highest BCUT2D eigenvalue weighted by atomic mass is 32.2. The normalized spacial score (nSPS) is 14.1. The predicted molar refractivity (Wildman–Crippen MR) is 91.1 cm³/mol. The summed E-state index contributed by atoms with van der Waals surface area (Å²) in [5.41, 5.74) is 0. The highest BCUT2D eigenvalue weighted by molar-refractivity contribution is 7.99. The lowest BCUT2D eigenvalue weighted by atomic mass is 10.3. The Balaban J connectivity index is 1.49. The Kier molecular flexibility index (Phi) is 7.86. The molecule has 0 bridgehead atoms. The SMILES string of the molecule is OC(CSCCn1ccnc1)C(O)CSCCn1ccnc1. The van der Waals surface area contributed by atoms with Gasteiger partial charge in [0.1, 0.15) is 0 Å². The molecule has 2 atom stereocenters. The van der Waals surface area contributed by atoms with Crippen LogP contribution in [0.2, 0.25) is 0 Å². The average molecular weight is 342 g/mol. The lowest BCUT2D eigenvalue weighted by molar-refractivity contribution is 0.0500. The molecule has 0 saturated heterocycles. The first kappa shape index (κ1) is 17.4. The Morgan fingerprint density at radius 1 is 0.818 bits per heavy atom. The monoisotopic (exact) mass is 342 g/mol. The van der Waals surface area contributed by atoms with Crippen molar-refractivity contribution in [2.45, 2.75) is 25.3 Å². The molecule has 0 fully saturated rings. The number of imidazole rings is 2. The number of aromatic nitrogens is 4. The van der Waals surface area contributed by atoms with Crippen molar-refractivity contribution < 1.29 is 10.2 Å². The van der Waals surface area contributed by atoms with E-state index in [1.165, 1.54) is 0 Å². The molecule has 2 aromatic heterocycles. The fraction of sp³-hybridized carbons (Fsp3) is 0.571. The van der Waals surface area contributed by atoms with Crippen LogP contribution in [0.5, 0.6) is 0 Å². The van der Waals surface area contributed by atoms with Crippen LogP contribution in [0.15, 0.2) is 37.4 Å². The van der Waals surface area contributed by atoms with E-state index in [9.17, 15) is 10.2 Å². The zero-order valence-corrected chi connectivity index (χ0v) is 14.0. The molecule has 0 aliphatic heterocycles. The standard InChI is InChI=1S/C14H22N4O2S2/c19-13(9-21-7-5-17-3-1-15-11-17)14(20)10-22-8-6-18-4-2-16-12-18/h1-4,11-14,19-20H,5-10H2. The second kappa shape index (κ2) is 9.94. The van der Waals surface area contributed by atoms with E-state index in [-0.39, 0.29) is 0 Å². The van der Waals surface area contributed by atoms with E-state index in [1.54, 1.807) is 48.6 Å². The summed E-state index contributed by atoms with van der Waals surface area (Å²) in [7, 11) is 0. The van der Waals surface area contributed by atoms with Gasteiger partial charge >= 0.3 is 0 Å². The molecule has 0 amide bonds. The topological polar surface area (TPSA) is 76.1 Å². The van der Waals surface area contributed by atoms with E-state index in [4.69, 9.17) is 0 Å². The van der Waals surface area contributed by atoms with E-state index in [1.807, 2.05) is 21.5 Å². The average Bonchev–Trinajstić information content (AvgIpc) is 3.20. The third kappa shape index (κ3) is 6.43. The molecule has 2 N–H and O–H groups in total. The van der Waals surface area contributed by atoms with Crippen LogP contribution < -0.4 is 0 Å². The van der Waals surface area contributed by atoms with Crippen molar-refractivity contribution in [3.05, 3.63) is 37.4 Å². The van der Waals surface area contributed by atoms with Crippen molar-refractivity contribution in [2.24, 2.45) is 0 Å². The first-order valence-corrected chi connectivity index (χ1v) is 9.50. The van der Waals surface area contributed by atoms with Crippen LogP contribution in [0.25, 0.3) is 0 Å². The zero-order chi connectivity index (χ0) is 15.6. The van der Waals surface area contributed by atoms with Crippen LogP contribution in [-0.2, 0) is 13.1 Å². The van der Waals surface area contributed by atoms with Gasteiger partial charge in [0.25, 0.3) is 0 Å². The minimum atomic E-state index is -0.673. The number of aliphatic hydroxyl groups excluding tert-OH is 2. The van der Waals surface area contributed by atoms with Crippen LogP contribution in [0.3, 0.4) is 0 Å². The Morgan fingerprint density at radius 2 is 1.27 bits per heavy atom. The summed E-state index contributed by atoms with van der Waals surface area (Å²) >= 11 is 3.29. The van der Waals surface area contributed by atoms with E-state index >= 15 is 0 Å². The second-order valence-corrected chi connectivity index (χ2v) is 7.19. The number of thioether (sulfide) groups is 2. The summed E-state index contributed by atoms with van der Waals surface area (Å²) in [4.78, 5) is 7.96. The van der Waals surface area contributed by atoms with Gasteiger partial charge in [-0.1, -0.05) is 0 Å². The van der Waals surface area contributed by atoms with Crippen LogP contribution in [-0.4, -0.2) is 64.5 Å². The first-order chi connectivity index (χ1) is 10.8. The minimum absolute atomic E-state index is 0.554. The molecule has 0 aliphatic carbocycles. The highest BCUT2D eigenvalue weighted by Gasteiger charge is 2.15. The summed E-state index contributed by atoms with van der Waals surface area (Å²) < 4.78 is 4.00.